The van der Waals surface area contributed by atoms with E-state index in [0.717, 1.165) is 65.8 Å². The molecule has 1 fully saturated rings. The third-order valence-corrected chi connectivity index (χ3v) is 6.24. The highest BCUT2D eigenvalue weighted by Gasteiger charge is 2.23. The number of urea groups is 1. The molecule has 2 aromatic carbocycles. The van der Waals surface area contributed by atoms with Gasteiger partial charge in [0.25, 0.3) is 0 Å². The second kappa shape index (κ2) is 9.90. The van der Waals surface area contributed by atoms with E-state index in [0.29, 0.717) is 6.04 Å². The van der Waals surface area contributed by atoms with Crippen LogP contribution in [0.25, 0.3) is 10.9 Å². The number of para-hydroxylation sites is 2. The molecule has 3 aromatic rings. The molecule has 2 amide bonds. The largest absolute Gasteiger partial charge is 0.377 e. The Bertz CT molecular complexity index is 1070. The van der Waals surface area contributed by atoms with Crippen molar-refractivity contribution in [2.45, 2.75) is 51.1 Å². The van der Waals surface area contributed by atoms with E-state index in [9.17, 15) is 4.79 Å². The normalized spacial score (nSPS) is 18.2. The van der Waals surface area contributed by atoms with Crippen LogP contribution in [0.4, 0.5) is 22.0 Å². The lowest BCUT2D eigenvalue weighted by Crippen LogP contribution is -2.42. The Morgan fingerprint density at radius 3 is 2.44 bits per heavy atom. The fourth-order valence-electron chi connectivity index (χ4n) is 4.49. The van der Waals surface area contributed by atoms with Crippen molar-refractivity contribution in [3.8, 4) is 0 Å². The van der Waals surface area contributed by atoms with E-state index in [4.69, 9.17) is 4.98 Å². The number of benzene rings is 2. The molecule has 0 atom stereocenters. The minimum absolute atomic E-state index is 0.117. The molecule has 1 aliphatic rings. The maximum absolute atomic E-state index is 12.5. The van der Waals surface area contributed by atoms with E-state index in [2.05, 4.69) is 72.2 Å². The molecule has 0 radical (unpaired) electrons. The Balaban J connectivity index is 1.33. The lowest BCUT2D eigenvalue weighted by atomic mass is 9.91. The number of pyridine rings is 1. The van der Waals surface area contributed by atoms with Gasteiger partial charge in [-0.15, -0.1) is 0 Å². The molecule has 1 aliphatic carbocycles. The number of hydrogen-bond donors (Lipinski definition) is 3. The molecule has 32 heavy (non-hydrogen) atoms. The number of anilines is 3. The van der Waals surface area contributed by atoms with Gasteiger partial charge >= 0.3 is 6.03 Å². The molecule has 0 aliphatic heterocycles. The van der Waals surface area contributed by atoms with Crippen LogP contribution in [-0.2, 0) is 6.42 Å². The molecular weight excluding hydrogens is 398 g/mol. The predicted octanol–water partition coefficient (Wildman–Crippen LogP) is 5.41. The molecule has 6 nitrogen and oxygen atoms in total. The lowest BCUT2D eigenvalue weighted by Gasteiger charge is -2.30. The van der Waals surface area contributed by atoms with Crippen molar-refractivity contribution in [3.05, 3.63) is 60.2 Å². The van der Waals surface area contributed by atoms with Crippen LogP contribution in [0.2, 0.25) is 0 Å². The van der Waals surface area contributed by atoms with Crippen molar-refractivity contribution in [2.75, 3.05) is 29.6 Å². The van der Waals surface area contributed by atoms with Gasteiger partial charge in [-0.2, -0.15) is 0 Å². The molecule has 6 heteroatoms. The van der Waals surface area contributed by atoms with Gasteiger partial charge in [-0.3, -0.25) is 0 Å². The smallest absolute Gasteiger partial charge is 0.319 e. The molecule has 3 N–H and O–H groups in total. The van der Waals surface area contributed by atoms with Gasteiger partial charge in [0.1, 0.15) is 5.82 Å². The van der Waals surface area contributed by atoms with Gasteiger partial charge in [-0.25, -0.2) is 9.78 Å². The van der Waals surface area contributed by atoms with E-state index < -0.39 is 0 Å². The van der Waals surface area contributed by atoms with Crippen molar-refractivity contribution < 1.29 is 4.79 Å². The fraction of sp³-hybridized carbons (Fsp3) is 0.385. The maximum Gasteiger partial charge on any atom is 0.319 e. The van der Waals surface area contributed by atoms with Gasteiger partial charge in [0.2, 0.25) is 0 Å². The summed E-state index contributed by atoms with van der Waals surface area (Å²) in [6, 6.07) is 18.8. The quantitative estimate of drug-likeness (QED) is 0.488. The van der Waals surface area contributed by atoms with Crippen molar-refractivity contribution >= 4 is 34.1 Å². The summed E-state index contributed by atoms with van der Waals surface area (Å²) in [5.74, 6) is 0.915. The first-order chi connectivity index (χ1) is 15.5. The summed E-state index contributed by atoms with van der Waals surface area (Å²) in [5, 5.41) is 11.0. The Morgan fingerprint density at radius 1 is 1.00 bits per heavy atom. The third-order valence-electron chi connectivity index (χ3n) is 6.24. The molecule has 4 rings (SSSR count). The third kappa shape index (κ3) is 5.13. The molecule has 0 saturated heterocycles. The van der Waals surface area contributed by atoms with Crippen LogP contribution in [0.1, 0.15) is 38.2 Å². The number of fused-ring (bicyclic) bond motifs is 1. The fourth-order valence-corrected chi connectivity index (χ4v) is 4.49. The number of carbonyl (C=O) groups excluding carboxylic acids is 1. The second-order valence-corrected chi connectivity index (χ2v) is 8.74. The molecule has 1 heterocycles. The van der Waals surface area contributed by atoms with Crippen LogP contribution in [0, 0.1) is 0 Å². The number of carbonyl (C=O) groups is 1. The monoisotopic (exact) mass is 431 g/mol. The summed E-state index contributed by atoms with van der Waals surface area (Å²) >= 11 is 0. The van der Waals surface area contributed by atoms with Crippen molar-refractivity contribution in [1.29, 1.82) is 0 Å². The van der Waals surface area contributed by atoms with Crippen molar-refractivity contribution in [3.63, 3.8) is 0 Å². The summed E-state index contributed by atoms with van der Waals surface area (Å²) in [5.41, 5.74) is 4.20. The maximum atomic E-state index is 12.5. The van der Waals surface area contributed by atoms with E-state index in [-0.39, 0.29) is 12.1 Å². The van der Waals surface area contributed by atoms with E-state index in [1.165, 1.54) is 0 Å². The van der Waals surface area contributed by atoms with Gasteiger partial charge in [0.15, 0.2) is 0 Å². The minimum Gasteiger partial charge on any atom is -0.377 e. The number of nitrogens with zero attached hydrogens (tertiary/aromatic N) is 2. The van der Waals surface area contributed by atoms with Crippen molar-refractivity contribution in [1.82, 2.24) is 10.3 Å². The summed E-state index contributed by atoms with van der Waals surface area (Å²) < 4.78 is 0. The number of aryl methyl sites for hydroxylation is 1. The van der Waals surface area contributed by atoms with Gasteiger partial charge in [-0.1, -0.05) is 43.3 Å². The zero-order valence-corrected chi connectivity index (χ0v) is 19.2. The second-order valence-electron chi connectivity index (χ2n) is 8.74. The Kier molecular flexibility index (Phi) is 6.78. The SMILES string of the molecule is CCc1ccccc1NC(=O)NC1CCC(Nc2cc(N(C)C)c3ccccc3n2)CC1. The number of amides is 2. The van der Waals surface area contributed by atoms with Crippen LogP contribution < -0.4 is 20.9 Å². The molecule has 0 spiro atoms. The number of aromatic nitrogens is 1. The minimum atomic E-state index is -0.117. The Labute approximate surface area is 190 Å². The van der Waals surface area contributed by atoms with Crippen LogP contribution in [0.5, 0.6) is 0 Å². The highest BCUT2D eigenvalue weighted by Crippen LogP contribution is 2.29. The van der Waals surface area contributed by atoms with Gasteiger partial charge in [-0.05, 0) is 49.8 Å². The molecule has 0 bridgehead atoms. The van der Waals surface area contributed by atoms with E-state index in [1.54, 1.807) is 0 Å². The number of hydrogen-bond acceptors (Lipinski definition) is 4. The molecule has 168 valence electrons. The highest BCUT2D eigenvalue weighted by atomic mass is 16.2. The average Bonchev–Trinajstić information content (AvgIpc) is 2.80. The molecule has 1 saturated carbocycles. The summed E-state index contributed by atoms with van der Waals surface area (Å²) in [6.45, 7) is 2.10. The molecule has 0 unspecified atom stereocenters. The van der Waals surface area contributed by atoms with Gasteiger partial charge in [0, 0.05) is 49.0 Å². The van der Waals surface area contributed by atoms with Gasteiger partial charge < -0.3 is 20.9 Å². The molecular formula is C26H33N5O. The van der Waals surface area contributed by atoms with E-state index >= 15 is 0 Å². The van der Waals surface area contributed by atoms with Crippen LogP contribution in [0.3, 0.4) is 0 Å². The Morgan fingerprint density at radius 2 is 1.69 bits per heavy atom. The van der Waals surface area contributed by atoms with E-state index in [1.807, 2.05) is 24.3 Å². The summed E-state index contributed by atoms with van der Waals surface area (Å²) in [4.78, 5) is 19.5. The first-order valence-electron chi connectivity index (χ1n) is 11.5. The number of nitrogens with one attached hydrogen (secondary N) is 3. The average molecular weight is 432 g/mol. The highest BCUT2D eigenvalue weighted by molar-refractivity contribution is 5.93. The first-order valence-corrected chi connectivity index (χ1v) is 11.5. The Hall–Kier alpha value is -3.28. The zero-order valence-electron chi connectivity index (χ0n) is 19.2. The first kappa shape index (κ1) is 21.9. The number of rotatable bonds is 6. The lowest BCUT2D eigenvalue weighted by molar-refractivity contribution is 0.243. The van der Waals surface area contributed by atoms with Crippen LogP contribution in [-0.4, -0.2) is 37.2 Å². The topological polar surface area (TPSA) is 69.3 Å². The van der Waals surface area contributed by atoms with Gasteiger partial charge in [0.05, 0.1) is 5.52 Å². The van der Waals surface area contributed by atoms with Crippen molar-refractivity contribution in [2.24, 2.45) is 0 Å². The zero-order chi connectivity index (χ0) is 22.5. The summed E-state index contributed by atoms with van der Waals surface area (Å²) in [6.07, 6.45) is 4.80. The van der Waals surface area contributed by atoms with Crippen LogP contribution >= 0.6 is 0 Å². The van der Waals surface area contributed by atoms with Crippen LogP contribution in [0.15, 0.2) is 54.6 Å². The standard InChI is InChI=1S/C26H33N5O/c1-4-18-9-5-7-11-22(18)30-26(32)28-20-15-13-19(14-16-20)27-25-17-24(31(2)3)21-10-6-8-12-23(21)29-25/h5-12,17,19-20H,4,13-16H2,1-3H3,(H,27,29)(H2,28,30,32). The molecule has 1 aromatic heterocycles. The predicted molar refractivity (Wildman–Crippen MR) is 134 cm³/mol. The summed E-state index contributed by atoms with van der Waals surface area (Å²) in [7, 11) is 4.12.